The lowest BCUT2D eigenvalue weighted by molar-refractivity contribution is -0.0505. The number of ether oxygens (including phenoxy) is 2. The topological polar surface area (TPSA) is 58.1 Å². The molecule has 170 valence electrons. The molecular weight excluding hydrogens is 409 g/mol. The summed E-state index contributed by atoms with van der Waals surface area (Å²) in [5.41, 5.74) is 1.96. The van der Waals surface area contributed by atoms with Crippen molar-refractivity contribution in [2.75, 3.05) is 27.7 Å². The molecule has 0 amide bonds. The van der Waals surface area contributed by atoms with E-state index in [9.17, 15) is 13.2 Å². The summed E-state index contributed by atoms with van der Waals surface area (Å²) in [6.45, 7) is 0.615. The van der Waals surface area contributed by atoms with E-state index in [0.29, 0.717) is 42.5 Å². The van der Waals surface area contributed by atoms with Crippen LogP contribution in [0.5, 0.6) is 11.5 Å². The lowest BCUT2D eigenvalue weighted by Crippen LogP contribution is -2.36. The highest BCUT2D eigenvalue weighted by atomic mass is 19.3. The molecule has 0 radical (unpaired) electrons. The molecule has 0 unspecified atom stereocenters. The molecule has 2 N–H and O–H groups in total. The van der Waals surface area contributed by atoms with Gasteiger partial charge in [-0.25, -0.2) is 9.38 Å². The van der Waals surface area contributed by atoms with Gasteiger partial charge in [0.05, 0.1) is 13.7 Å². The number of hydrogen-bond acceptors (Lipinski definition) is 4. The molecule has 0 saturated carbocycles. The molecule has 0 aliphatic carbocycles. The van der Waals surface area contributed by atoms with E-state index in [0.717, 1.165) is 5.56 Å². The number of guanidine groups is 1. The van der Waals surface area contributed by atoms with Gasteiger partial charge in [-0.2, -0.15) is 8.78 Å². The average molecular weight is 438 g/mol. The van der Waals surface area contributed by atoms with Gasteiger partial charge in [0.25, 0.3) is 0 Å². The molecule has 0 spiro atoms. The summed E-state index contributed by atoms with van der Waals surface area (Å²) in [7, 11) is 5.25. The van der Waals surface area contributed by atoms with E-state index in [4.69, 9.17) is 4.74 Å². The molecular formula is C22H29F3N4O2. The van der Waals surface area contributed by atoms with Gasteiger partial charge in [0.1, 0.15) is 17.3 Å². The van der Waals surface area contributed by atoms with Crippen molar-refractivity contribution in [2.24, 2.45) is 4.99 Å². The van der Waals surface area contributed by atoms with Crippen molar-refractivity contribution >= 4 is 5.96 Å². The van der Waals surface area contributed by atoms with Gasteiger partial charge in [-0.15, -0.1) is 0 Å². The standard InChI is InChI=1S/C22H29F3N4O2/c1-5-26-22(27-12-15-6-8-19(23)17(10-15)14-29(2)3)28-13-16-11-18(30-4)7-9-20(16)31-21(24)25/h6-11,21H,5,12-14H2,1-4H3,(H2,26,27,28). The van der Waals surface area contributed by atoms with Gasteiger partial charge >= 0.3 is 6.61 Å². The van der Waals surface area contributed by atoms with Gasteiger partial charge in [-0.05, 0) is 56.9 Å². The van der Waals surface area contributed by atoms with Gasteiger partial charge in [0, 0.05) is 30.8 Å². The van der Waals surface area contributed by atoms with Crippen molar-refractivity contribution in [2.45, 2.75) is 33.2 Å². The number of methoxy groups -OCH3 is 1. The van der Waals surface area contributed by atoms with Crippen molar-refractivity contribution in [3.05, 3.63) is 58.9 Å². The Hall–Kier alpha value is -2.94. The van der Waals surface area contributed by atoms with Gasteiger partial charge in [-0.3, -0.25) is 0 Å². The van der Waals surface area contributed by atoms with Crippen LogP contribution in [0.4, 0.5) is 13.2 Å². The van der Waals surface area contributed by atoms with Crippen LogP contribution in [0.15, 0.2) is 41.4 Å². The number of nitrogens with zero attached hydrogens (tertiary/aromatic N) is 2. The molecule has 0 aliphatic rings. The van der Waals surface area contributed by atoms with E-state index >= 15 is 0 Å². The third-order valence-electron chi connectivity index (χ3n) is 4.29. The molecule has 0 aromatic heterocycles. The zero-order valence-electron chi connectivity index (χ0n) is 18.2. The first kappa shape index (κ1) is 24.3. The fourth-order valence-corrected chi connectivity index (χ4v) is 2.91. The minimum absolute atomic E-state index is 0.0611. The van der Waals surface area contributed by atoms with Gasteiger partial charge in [0.15, 0.2) is 5.96 Å². The number of halogens is 3. The normalized spacial score (nSPS) is 11.7. The van der Waals surface area contributed by atoms with E-state index in [1.807, 2.05) is 25.9 Å². The van der Waals surface area contributed by atoms with Crippen LogP contribution in [-0.4, -0.2) is 45.2 Å². The molecule has 9 heteroatoms. The van der Waals surface area contributed by atoms with Crippen molar-refractivity contribution in [3.63, 3.8) is 0 Å². The van der Waals surface area contributed by atoms with Crippen LogP contribution in [0.1, 0.15) is 23.6 Å². The predicted octanol–water partition coefficient (Wildman–Crippen LogP) is 3.75. The predicted molar refractivity (Wildman–Crippen MR) is 115 cm³/mol. The smallest absolute Gasteiger partial charge is 0.387 e. The van der Waals surface area contributed by atoms with Crippen LogP contribution in [-0.2, 0) is 19.6 Å². The molecule has 31 heavy (non-hydrogen) atoms. The molecule has 0 fully saturated rings. The van der Waals surface area contributed by atoms with E-state index < -0.39 is 6.61 Å². The van der Waals surface area contributed by atoms with Crippen LogP contribution >= 0.6 is 0 Å². The van der Waals surface area contributed by atoms with Crippen molar-refractivity contribution in [1.29, 1.82) is 0 Å². The molecule has 0 aliphatic heterocycles. The van der Waals surface area contributed by atoms with Crippen molar-refractivity contribution in [1.82, 2.24) is 15.5 Å². The maximum atomic E-state index is 14.0. The monoisotopic (exact) mass is 438 g/mol. The fraction of sp³-hybridized carbons (Fsp3) is 0.409. The van der Waals surface area contributed by atoms with Gasteiger partial charge in [0.2, 0.25) is 0 Å². The summed E-state index contributed by atoms with van der Waals surface area (Å²) >= 11 is 0. The third-order valence-corrected chi connectivity index (χ3v) is 4.29. The maximum Gasteiger partial charge on any atom is 0.387 e. The summed E-state index contributed by atoms with van der Waals surface area (Å²) in [5.74, 6) is 0.828. The Bertz CT molecular complexity index is 876. The first-order chi connectivity index (χ1) is 14.8. The highest BCUT2D eigenvalue weighted by molar-refractivity contribution is 5.79. The fourth-order valence-electron chi connectivity index (χ4n) is 2.91. The van der Waals surface area contributed by atoms with Crippen LogP contribution in [0.25, 0.3) is 0 Å². The molecule has 2 aromatic rings. The Morgan fingerprint density at radius 3 is 2.52 bits per heavy atom. The second-order valence-electron chi connectivity index (χ2n) is 7.06. The van der Waals surface area contributed by atoms with E-state index in [-0.39, 0.29) is 18.1 Å². The molecule has 0 bridgehead atoms. The largest absolute Gasteiger partial charge is 0.497 e. The number of nitrogens with one attached hydrogen (secondary N) is 2. The molecule has 0 heterocycles. The Morgan fingerprint density at radius 2 is 1.87 bits per heavy atom. The zero-order chi connectivity index (χ0) is 22.8. The van der Waals surface area contributed by atoms with E-state index in [2.05, 4.69) is 20.4 Å². The van der Waals surface area contributed by atoms with Gasteiger partial charge < -0.3 is 25.0 Å². The number of benzene rings is 2. The van der Waals surface area contributed by atoms with Crippen LogP contribution < -0.4 is 20.1 Å². The zero-order valence-corrected chi connectivity index (χ0v) is 18.2. The Balaban J connectivity index is 2.14. The van der Waals surface area contributed by atoms with E-state index in [1.54, 1.807) is 24.3 Å². The lowest BCUT2D eigenvalue weighted by atomic mass is 10.1. The van der Waals surface area contributed by atoms with Crippen molar-refractivity contribution in [3.8, 4) is 11.5 Å². The second-order valence-corrected chi connectivity index (χ2v) is 7.06. The van der Waals surface area contributed by atoms with Crippen molar-refractivity contribution < 1.29 is 22.6 Å². The summed E-state index contributed by atoms with van der Waals surface area (Å²) in [6.07, 6.45) is 0. The summed E-state index contributed by atoms with van der Waals surface area (Å²) in [5, 5.41) is 6.21. The molecule has 2 rings (SSSR count). The number of hydrogen-bond donors (Lipinski definition) is 2. The Kier molecular flexibility index (Phi) is 9.45. The highest BCUT2D eigenvalue weighted by Crippen LogP contribution is 2.25. The molecule has 0 saturated heterocycles. The third kappa shape index (κ3) is 8.01. The maximum absolute atomic E-state index is 14.0. The first-order valence-electron chi connectivity index (χ1n) is 9.88. The Morgan fingerprint density at radius 1 is 1.10 bits per heavy atom. The minimum Gasteiger partial charge on any atom is -0.497 e. The quantitative estimate of drug-likeness (QED) is 0.437. The molecule has 6 nitrogen and oxygen atoms in total. The van der Waals surface area contributed by atoms with Crippen LogP contribution in [0, 0.1) is 5.82 Å². The van der Waals surface area contributed by atoms with E-state index in [1.165, 1.54) is 19.2 Å². The second kappa shape index (κ2) is 12.0. The molecule has 2 aromatic carbocycles. The minimum atomic E-state index is -2.93. The first-order valence-corrected chi connectivity index (χ1v) is 9.88. The lowest BCUT2D eigenvalue weighted by Gasteiger charge is -2.15. The number of aliphatic imine (C=N–C) groups is 1. The number of alkyl halides is 2. The summed E-state index contributed by atoms with van der Waals surface area (Å²) in [4.78, 5) is 6.41. The van der Waals surface area contributed by atoms with Gasteiger partial charge in [-0.1, -0.05) is 6.07 Å². The highest BCUT2D eigenvalue weighted by Gasteiger charge is 2.12. The average Bonchev–Trinajstić information content (AvgIpc) is 2.72. The van der Waals surface area contributed by atoms with Crippen LogP contribution in [0.3, 0.4) is 0 Å². The molecule has 0 atom stereocenters. The number of rotatable bonds is 10. The summed E-state index contributed by atoms with van der Waals surface area (Å²) < 4.78 is 49.2. The Labute approximate surface area is 181 Å². The van der Waals surface area contributed by atoms with Crippen LogP contribution in [0.2, 0.25) is 0 Å². The SMILES string of the molecule is CCNC(=NCc1ccc(F)c(CN(C)C)c1)NCc1cc(OC)ccc1OC(F)F. The summed E-state index contributed by atoms with van der Waals surface area (Å²) in [6, 6.07) is 9.55.